The second-order valence-electron chi connectivity index (χ2n) is 9.36. The molecule has 0 heterocycles. The Morgan fingerprint density at radius 1 is 1.15 bits per heavy atom. The van der Waals surface area contributed by atoms with E-state index in [-0.39, 0.29) is 24.0 Å². The summed E-state index contributed by atoms with van der Waals surface area (Å²) in [6.45, 7) is 3.79. The zero-order valence-electron chi connectivity index (χ0n) is 15.7. The van der Waals surface area contributed by atoms with E-state index in [0.717, 1.165) is 5.57 Å². The monoisotopic (exact) mass is 378 g/mol. The van der Waals surface area contributed by atoms with Crippen LogP contribution in [0.5, 0.6) is 0 Å². The van der Waals surface area contributed by atoms with Crippen LogP contribution in [0.3, 0.4) is 0 Å². The second kappa shape index (κ2) is 5.58. The summed E-state index contributed by atoms with van der Waals surface area (Å²) < 4.78 is 16.6. The minimum absolute atomic E-state index is 0.0723. The van der Waals surface area contributed by atoms with Crippen LogP contribution < -0.4 is 0 Å². The van der Waals surface area contributed by atoms with Gasteiger partial charge in [0.05, 0.1) is 0 Å². The fourth-order valence-electron chi connectivity index (χ4n) is 6.75. The summed E-state index contributed by atoms with van der Waals surface area (Å²) in [7, 11) is 0. The standard InChI is InChI=1S/C21H27FO5/c1-18-9-10-20(22)15(4-3-12-11-13(23)7-8-19(12,20)2)14(18)5-6-16(18)17(24)21(25,26)27/h7-8,11,14-16,25-27H,3-6,9-10H2,1-2H3/t14-,15-,16+,18-,19-,20+/m0/s1. The van der Waals surface area contributed by atoms with Gasteiger partial charge in [0.2, 0.25) is 5.78 Å². The Hall–Kier alpha value is -1.37. The van der Waals surface area contributed by atoms with Crippen LogP contribution in [0.25, 0.3) is 0 Å². The summed E-state index contributed by atoms with van der Waals surface area (Å²) >= 11 is 0. The number of Topliss-reactive ketones (excluding diaryl/α,β-unsaturated/α-hetero) is 1. The number of ketones is 2. The van der Waals surface area contributed by atoms with Gasteiger partial charge in [0, 0.05) is 11.3 Å². The second-order valence-corrected chi connectivity index (χ2v) is 9.36. The van der Waals surface area contributed by atoms with Crippen molar-refractivity contribution in [3.63, 3.8) is 0 Å². The molecule has 148 valence electrons. The smallest absolute Gasteiger partial charge is 0.337 e. The molecule has 3 fully saturated rings. The summed E-state index contributed by atoms with van der Waals surface area (Å²) in [6, 6.07) is 0. The first-order valence-electron chi connectivity index (χ1n) is 9.78. The van der Waals surface area contributed by atoms with Crippen LogP contribution in [0.4, 0.5) is 4.39 Å². The molecule has 0 aromatic carbocycles. The van der Waals surface area contributed by atoms with Crippen LogP contribution in [0.1, 0.15) is 52.4 Å². The maximum atomic E-state index is 16.6. The van der Waals surface area contributed by atoms with Crippen molar-refractivity contribution in [2.24, 2.45) is 28.6 Å². The molecule has 4 rings (SSSR count). The van der Waals surface area contributed by atoms with Crippen LogP contribution >= 0.6 is 0 Å². The van der Waals surface area contributed by atoms with Crippen molar-refractivity contribution in [3.8, 4) is 0 Å². The normalized spacial score (nSPS) is 46.4. The van der Waals surface area contributed by atoms with E-state index in [0.29, 0.717) is 32.1 Å². The predicted octanol–water partition coefficient (Wildman–Crippen LogP) is 2.20. The minimum Gasteiger partial charge on any atom is -0.337 e. The molecule has 4 aliphatic rings. The summed E-state index contributed by atoms with van der Waals surface area (Å²) in [5.41, 5.74) is -2.03. The third-order valence-corrected chi connectivity index (χ3v) is 8.31. The van der Waals surface area contributed by atoms with Gasteiger partial charge in [-0.1, -0.05) is 18.6 Å². The van der Waals surface area contributed by atoms with E-state index < -0.39 is 34.2 Å². The number of carbonyl (C=O) groups is 2. The third-order valence-electron chi connectivity index (χ3n) is 8.31. The number of halogens is 1. The topological polar surface area (TPSA) is 94.8 Å². The highest BCUT2D eigenvalue weighted by molar-refractivity contribution is 6.01. The Balaban J connectivity index is 1.70. The molecule has 4 aliphatic carbocycles. The van der Waals surface area contributed by atoms with E-state index in [2.05, 4.69) is 0 Å². The van der Waals surface area contributed by atoms with Crippen molar-refractivity contribution < 1.29 is 29.3 Å². The number of hydrogen-bond donors (Lipinski definition) is 3. The van der Waals surface area contributed by atoms with Crippen molar-refractivity contribution in [1.82, 2.24) is 0 Å². The van der Waals surface area contributed by atoms with Crippen molar-refractivity contribution in [1.29, 1.82) is 0 Å². The number of fused-ring (bicyclic) bond motifs is 5. The molecule has 0 amide bonds. The zero-order chi connectivity index (χ0) is 19.8. The quantitative estimate of drug-likeness (QED) is 0.641. The Morgan fingerprint density at radius 2 is 1.85 bits per heavy atom. The molecule has 6 heteroatoms. The molecule has 3 saturated carbocycles. The summed E-state index contributed by atoms with van der Waals surface area (Å²) in [6.07, 6.45) is 7.74. The van der Waals surface area contributed by atoms with E-state index in [9.17, 15) is 24.9 Å². The van der Waals surface area contributed by atoms with Crippen LogP contribution in [-0.2, 0) is 9.59 Å². The van der Waals surface area contributed by atoms with E-state index in [1.165, 1.54) is 6.08 Å². The van der Waals surface area contributed by atoms with Crippen molar-refractivity contribution in [3.05, 3.63) is 23.8 Å². The first kappa shape index (κ1) is 19.0. The molecule has 0 spiro atoms. The molecule has 0 radical (unpaired) electrons. The number of aliphatic hydroxyl groups is 3. The SMILES string of the molecule is C[C@]12CC[C@@]3(F)[C@@H](CCC4=CC(=O)C=C[C@@]43C)[C@@H]1CC[C@@H]2C(=O)C(O)(O)O. The molecule has 27 heavy (non-hydrogen) atoms. The average molecular weight is 378 g/mol. The van der Waals surface area contributed by atoms with E-state index >= 15 is 4.39 Å². The van der Waals surface area contributed by atoms with Crippen molar-refractivity contribution >= 4 is 11.6 Å². The molecular weight excluding hydrogens is 351 g/mol. The van der Waals surface area contributed by atoms with Gasteiger partial charge in [0.1, 0.15) is 5.67 Å². The predicted molar refractivity (Wildman–Crippen MR) is 94.8 cm³/mol. The summed E-state index contributed by atoms with van der Waals surface area (Å²) in [4.78, 5) is 24.2. The summed E-state index contributed by atoms with van der Waals surface area (Å²) in [5, 5.41) is 28.2. The molecule has 0 aromatic rings. The molecule has 6 atom stereocenters. The first-order valence-corrected chi connectivity index (χ1v) is 9.78. The first-order chi connectivity index (χ1) is 12.4. The summed E-state index contributed by atoms with van der Waals surface area (Å²) in [5.74, 6) is -5.45. The van der Waals surface area contributed by atoms with Crippen LogP contribution in [0.15, 0.2) is 23.8 Å². The largest absolute Gasteiger partial charge is 0.339 e. The van der Waals surface area contributed by atoms with Gasteiger partial charge in [0.25, 0.3) is 0 Å². The van der Waals surface area contributed by atoms with E-state index in [4.69, 9.17) is 0 Å². The van der Waals surface area contributed by atoms with Crippen molar-refractivity contribution in [2.75, 3.05) is 0 Å². The third kappa shape index (κ3) is 2.39. The van der Waals surface area contributed by atoms with Crippen LogP contribution in [0.2, 0.25) is 0 Å². The lowest BCUT2D eigenvalue weighted by molar-refractivity contribution is -0.291. The highest BCUT2D eigenvalue weighted by Gasteiger charge is 2.67. The molecule has 0 unspecified atom stereocenters. The van der Waals surface area contributed by atoms with Crippen molar-refractivity contribution in [2.45, 2.75) is 64.0 Å². The van der Waals surface area contributed by atoms with Crippen LogP contribution in [0, 0.1) is 28.6 Å². The Bertz CT molecular complexity index is 765. The van der Waals surface area contributed by atoms with Gasteiger partial charge in [-0.3, -0.25) is 9.59 Å². The number of hydrogen-bond acceptors (Lipinski definition) is 5. The van der Waals surface area contributed by atoms with E-state index in [1.807, 2.05) is 13.8 Å². The lowest BCUT2D eigenvalue weighted by Gasteiger charge is -2.60. The Labute approximate surface area is 158 Å². The molecule has 3 N–H and O–H groups in total. The van der Waals surface area contributed by atoms with Gasteiger partial charge in [-0.25, -0.2) is 4.39 Å². The Morgan fingerprint density at radius 3 is 2.52 bits per heavy atom. The fraction of sp³-hybridized carbons (Fsp3) is 0.714. The number of alkyl halides is 1. The minimum atomic E-state index is -3.34. The van der Waals surface area contributed by atoms with E-state index in [1.54, 1.807) is 12.2 Å². The van der Waals surface area contributed by atoms with Gasteiger partial charge in [0.15, 0.2) is 5.78 Å². The number of carbonyl (C=O) groups excluding carboxylic acids is 2. The maximum Gasteiger partial charge on any atom is 0.339 e. The lowest BCUT2D eigenvalue weighted by atomic mass is 9.46. The van der Waals surface area contributed by atoms with Gasteiger partial charge in [-0.15, -0.1) is 0 Å². The van der Waals surface area contributed by atoms with Gasteiger partial charge in [-0.05, 0) is 74.9 Å². The van der Waals surface area contributed by atoms with Gasteiger partial charge >= 0.3 is 5.97 Å². The molecule has 5 nitrogen and oxygen atoms in total. The van der Waals surface area contributed by atoms with Crippen LogP contribution in [-0.4, -0.2) is 38.5 Å². The number of allylic oxidation sites excluding steroid dienone is 4. The fourth-order valence-corrected chi connectivity index (χ4v) is 6.75. The van der Waals surface area contributed by atoms with Gasteiger partial charge < -0.3 is 15.3 Å². The highest BCUT2D eigenvalue weighted by atomic mass is 19.1. The molecule has 0 saturated heterocycles. The molecule has 0 aromatic heterocycles. The Kier molecular flexibility index (Phi) is 3.92. The lowest BCUT2D eigenvalue weighted by Crippen LogP contribution is -2.60. The average Bonchev–Trinajstić information content (AvgIpc) is 2.92. The number of rotatable bonds is 2. The molecule has 0 aliphatic heterocycles. The maximum absolute atomic E-state index is 16.6. The molecule has 0 bridgehead atoms. The molecular formula is C21H27FO5. The highest BCUT2D eigenvalue weighted by Crippen LogP contribution is 2.69. The zero-order valence-corrected chi connectivity index (χ0v) is 15.7. The van der Waals surface area contributed by atoms with Gasteiger partial charge in [-0.2, -0.15) is 0 Å².